The maximum Gasteiger partial charge on any atom is 0.168 e. The Labute approximate surface area is 160 Å². The van der Waals surface area contributed by atoms with Crippen LogP contribution in [0.15, 0.2) is 18.2 Å². The SMILES string of the molecule is COc1cc2c(cc1OC)-c1c(OC)c(OC)cc3c1[C@@H](C2)NCC3.Cl. The van der Waals surface area contributed by atoms with E-state index in [1.165, 1.54) is 16.7 Å². The molecule has 26 heavy (non-hydrogen) atoms. The Morgan fingerprint density at radius 3 is 2.15 bits per heavy atom. The molecule has 2 aliphatic rings. The van der Waals surface area contributed by atoms with Crippen LogP contribution in [0.5, 0.6) is 23.0 Å². The van der Waals surface area contributed by atoms with E-state index < -0.39 is 0 Å². The van der Waals surface area contributed by atoms with Crippen LogP contribution in [-0.4, -0.2) is 35.0 Å². The van der Waals surface area contributed by atoms with E-state index in [9.17, 15) is 0 Å². The van der Waals surface area contributed by atoms with Crippen LogP contribution >= 0.6 is 12.4 Å². The normalized spacial score (nSPS) is 16.7. The van der Waals surface area contributed by atoms with Crippen molar-refractivity contribution in [3.63, 3.8) is 0 Å². The zero-order valence-corrected chi connectivity index (χ0v) is 16.3. The third-order valence-electron chi connectivity index (χ3n) is 5.23. The molecule has 1 heterocycles. The first-order valence-corrected chi connectivity index (χ1v) is 8.48. The van der Waals surface area contributed by atoms with Crippen LogP contribution in [0.1, 0.15) is 22.7 Å². The largest absolute Gasteiger partial charge is 0.493 e. The van der Waals surface area contributed by atoms with Gasteiger partial charge in [0, 0.05) is 11.6 Å². The van der Waals surface area contributed by atoms with Crippen molar-refractivity contribution in [2.45, 2.75) is 18.9 Å². The molecule has 2 aromatic carbocycles. The zero-order chi connectivity index (χ0) is 17.6. The molecule has 1 aliphatic carbocycles. The van der Waals surface area contributed by atoms with Crippen molar-refractivity contribution in [1.82, 2.24) is 5.32 Å². The van der Waals surface area contributed by atoms with Crippen molar-refractivity contribution >= 4 is 12.4 Å². The van der Waals surface area contributed by atoms with Gasteiger partial charge in [0.2, 0.25) is 0 Å². The lowest BCUT2D eigenvalue weighted by atomic mass is 9.77. The first kappa shape index (κ1) is 18.7. The molecular formula is C20H24ClNO4. The third kappa shape index (κ3) is 2.66. The molecule has 4 rings (SSSR count). The molecule has 1 aliphatic heterocycles. The summed E-state index contributed by atoms with van der Waals surface area (Å²) in [7, 11) is 6.71. The molecule has 0 fully saturated rings. The Morgan fingerprint density at radius 1 is 0.846 bits per heavy atom. The Bertz CT molecular complexity index is 837. The van der Waals surface area contributed by atoms with Crippen LogP contribution in [0.25, 0.3) is 11.1 Å². The molecule has 1 atom stereocenters. The highest BCUT2D eigenvalue weighted by Gasteiger charge is 2.34. The summed E-state index contributed by atoms with van der Waals surface area (Å²) in [6.45, 7) is 0.967. The van der Waals surface area contributed by atoms with Gasteiger partial charge in [-0.1, -0.05) is 0 Å². The second kappa shape index (κ2) is 7.25. The van der Waals surface area contributed by atoms with Crippen LogP contribution < -0.4 is 24.3 Å². The highest BCUT2D eigenvalue weighted by molar-refractivity contribution is 5.85. The fourth-order valence-corrected chi connectivity index (χ4v) is 4.13. The number of halogens is 1. The Morgan fingerprint density at radius 2 is 1.50 bits per heavy atom. The molecule has 0 aromatic heterocycles. The van der Waals surface area contributed by atoms with E-state index in [2.05, 4.69) is 23.5 Å². The molecule has 5 nitrogen and oxygen atoms in total. The molecule has 0 saturated heterocycles. The highest BCUT2D eigenvalue weighted by Crippen LogP contribution is 2.52. The van der Waals surface area contributed by atoms with E-state index in [1.807, 2.05) is 0 Å². The van der Waals surface area contributed by atoms with Gasteiger partial charge in [0.1, 0.15) is 0 Å². The van der Waals surface area contributed by atoms with Gasteiger partial charge in [-0.15, -0.1) is 12.4 Å². The summed E-state index contributed by atoms with van der Waals surface area (Å²) in [5, 5.41) is 3.64. The topological polar surface area (TPSA) is 49.0 Å². The smallest absolute Gasteiger partial charge is 0.168 e. The summed E-state index contributed by atoms with van der Waals surface area (Å²) < 4.78 is 22.4. The standard InChI is InChI=1S/C20H23NO4.ClH/c1-22-15-9-12-7-14-18-11(5-6-21-14)8-17(24-3)20(25-4)19(18)13(12)10-16(15)23-2;/h8-10,14,21H,5-7H2,1-4H3;1H/t14-;/m1./s1. The number of hydrogen-bond donors (Lipinski definition) is 1. The van der Waals surface area contributed by atoms with Crippen molar-refractivity contribution in [2.24, 2.45) is 0 Å². The second-order valence-corrected chi connectivity index (χ2v) is 6.39. The maximum atomic E-state index is 5.77. The predicted octanol–water partition coefficient (Wildman–Crippen LogP) is 3.55. The van der Waals surface area contributed by atoms with Crippen molar-refractivity contribution in [3.8, 4) is 34.1 Å². The highest BCUT2D eigenvalue weighted by atomic mass is 35.5. The Kier molecular flexibility index (Phi) is 5.21. The van der Waals surface area contributed by atoms with E-state index in [0.29, 0.717) is 0 Å². The lowest BCUT2D eigenvalue weighted by molar-refractivity contribution is 0.350. The lowest BCUT2D eigenvalue weighted by Crippen LogP contribution is -2.34. The van der Waals surface area contributed by atoms with Crippen LogP contribution in [0.2, 0.25) is 0 Å². The van der Waals surface area contributed by atoms with Crippen LogP contribution in [0.4, 0.5) is 0 Å². The summed E-state index contributed by atoms with van der Waals surface area (Å²) in [4.78, 5) is 0. The number of hydrogen-bond acceptors (Lipinski definition) is 5. The molecule has 2 aromatic rings. The van der Waals surface area contributed by atoms with E-state index in [0.717, 1.165) is 53.5 Å². The Hall–Kier alpha value is -2.11. The van der Waals surface area contributed by atoms with Crippen molar-refractivity contribution in [2.75, 3.05) is 35.0 Å². The summed E-state index contributed by atoms with van der Waals surface area (Å²) in [6.07, 6.45) is 1.91. The van der Waals surface area contributed by atoms with Gasteiger partial charge in [-0.25, -0.2) is 0 Å². The average molecular weight is 378 g/mol. The second-order valence-electron chi connectivity index (χ2n) is 6.39. The Balaban J connectivity index is 0.00000196. The summed E-state index contributed by atoms with van der Waals surface area (Å²) in [5.41, 5.74) is 6.11. The molecular weight excluding hydrogens is 354 g/mol. The van der Waals surface area contributed by atoms with Gasteiger partial charge in [0.05, 0.1) is 28.4 Å². The number of rotatable bonds is 4. The predicted molar refractivity (Wildman–Crippen MR) is 103 cm³/mol. The van der Waals surface area contributed by atoms with Crippen LogP contribution in [0, 0.1) is 0 Å². The molecule has 140 valence electrons. The van der Waals surface area contributed by atoms with Gasteiger partial charge in [-0.2, -0.15) is 0 Å². The molecule has 0 spiro atoms. The number of fused-ring (bicyclic) bond motifs is 2. The average Bonchev–Trinajstić information content (AvgIpc) is 2.66. The van der Waals surface area contributed by atoms with Crippen LogP contribution in [0.3, 0.4) is 0 Å². The van der Waals surface area contributed by atoms with Crippen molar-refractivity contribution in [1.29, 1.82) is 0 Å². The molecule has 6 heteroatoms. The van der Waals surface area contributed by atoms with Crippen molar-refractivity contribution in [3.05, 3.63) is 34.9 Å². The lowest BCUT2D eigenvalue weighted by Gasteiger charge is -2.36. The molecule has 0 saturated carbocycles. The zero-order valence-electron chi connectivity index (χ0n) is 15.5. The van der Waals surface area contributed by atoms with E-state index >= 15 is 0 Å². The molecule has 1 N–H and O–H groups in total. The molecule has 0 radical (unpaired) electrons. The van der Waals surface area contributed by atoms with Gasteiger partial charge in [0.15, 0.2) is 23.0 Å². The minimum atomic E-state index is 0. The summed E-state index contributed by atoms with van der Waals surface area (Å²) in [5.74, 6) is 3.03. The quantitative estimate of drug-likeness (QED) is 0.883. The maximum absolute atomic E-state index is 5.77. The van der Waals surface area contributed by atoms with E-state index in [4.69, 9.17) is 18.9 Å². The van der Waals surface area contributed by atoms with Gasteiger partial charge < -0.3 is 24.3 Å². The van der Waals surface area contributed by atoms with Crippen LogP contribution in [-0.2, 0) is 12.8 Å². The minimum Gasteiger partial charge on any atom is -0.493 e. The van der Waals surface area contributed by atoms with Gasteiger partial charge in [-0.05, 0) is 59.8 Å². The minimum absolute atomic E-state index is 0. The van der Waals surface area contributed by atoms with Crippen molar-refractivity contribution < 1.29 is 18.9 Å². The van der Waals surface area contributed by atoms with Gasteiger partial charge >= 0.3 is 0 Å². The fraction of sp³-hybridized carbons (Fsp3) is 0.400. The third-order valence-corrected chi connectivity index (χ3v) is 5.23. The van der Waals surface area contributed by atoms with E-state index in [1.54, 1.807) is 28.4 Å². The molecule has 0 unspecified atom stereocenters. The summed E-state index contributed by atoms with van der Waals surface area (Å²) in [6, 6.07) is 6.53. The monoisotopic (exact) mass is 377 g/mol. The van der Waals surface area contributed by atoms with E-state index in [-0.39, 0.29) is 18.4 Å². The summed E-state index contributed by atoms with van der Waals surface area (Å²) >= 11 is 0. The number of methoxy groups -OCH3 is 4. The number of ether oxygens (including phenoxy) is 4. The first-order chi connectivity index (χ1) is 12.2. The first-order valence-electron chi connectivity index (χ1n) is 8.48. The molecule has 0 amide bonds. The number of nitrogens with one attached hydrogen (secondary N) is 1. The van der Waals surface area contributed by atoms with Gasteiger partial charge in [0.25, 0.3) is 0 Å². The molecule has 0 bridgehead atoms. The van der Waals surface area contributed by atoms with Gasteiger partial charge in [-0.3, -0.25) is 0 Å². The number of benzene rings is 2. The fourth-order valence-electron chi connectivity index (χ4n) is 4.13.